The number of aromatic nitrogens is 2. The van der Waals surface area contributed by atoms with Crippen molar-refractivity contribution < 1.29 is 4.74 Å². The van der Waals surface area contributed by atoms with E-state index in [-0.39, 0.29) is 6.04 Å². The maximum absolute atomic E-state index is 5.42. The first-order chi connectivity index (χ1) is 7.83. The molecule has 1 aromatic rings. The molecule has 1 aromatic heterocycles. The van der Waals surface area contributed by atoms with Gasteiger partial charge in [-0.1, -0.05) is 6.92 Å². The third kappa shape index (κ3) is 2.27. The van der Waals surface area contributed by atoms with Gasteiger partial charge in [0.1, 0.15) is 0 Å². The van der Waals surface area contributed by atoms with Gasteiger partial charge in [0, 0.05) is 7.05 Å². The van der Waals surface area contributed by atoms with Crippen LogP contribution in [-0.4, -0.2) is 22.7 Å². The third-order valence-electron chi connectivity index (χ3n) is 2.89. The molecule has 0 radical (unpaired) electrons. The van der Waals surface area contributed by atoms with Crippen molar-refractivity contribution in [3.63, 3.8) is 0 Å². The Labute approximate surface area is 96.3 Å². The van der Waals surface area contributed by atoms with Crippen LogP contribution < -0.4 is 5.32 Å². The van der Waals surface area contributed by atoms with Crippen molar-refractivity contribution in [1.82, 2.24) is 14.9 Å². The highest BCUT2D eigenvalue weighted by Crippen LogP contribution is 2.26. The summed E-state index contributed by atoms with van der Waals surface area (Å²) in [5, 5.41) is 3.49. The maximum atomic E-state index is 5.42. The molecule has 2 heterocycles. The average molecular weight is 221 g/mol. The van der Waals surface area contributed by atoms with E-state index in [0.717, 1.165) is 26.0 Å². The quantitative estimate of drug-likeness (QED) is 0.842. The molecule has 0 amide bonds. The van der Waals surface area contributed by atoms with Crippen LogP contribution in [0.4, 0.5) is 0 Å². The molecule has 4 heteroatoms. The van der Waals surface area contributed by atoms with Crippen molar-refractivity contribution in [2.24, 2.45) is 7.05 Å². The highest BCUT2D eigenvalue weighted by molar-refractivity contribution is 5.21. The first-order valence-corrected chi connectivity index (χ1v) is 5.83. The van der Waals surface area contributed by atoms with E-state index in [0.29, 0.717) is 0 Å². The van der Waals surface area contributed by atoms with Crippen LogP contribution in [0.5, 0.6) is 0 Å². The lowest BCUT2D eigenvalue weighted by Gasteiger charge is -2.24. The van der Waals surface area contributed by atoms with Gasteiger partial charge in [-0.15, -0.1) is 0 Å². The largest absolute Gasteiger partial charge is 0.501 e. The number of hydrogen-bond donors (Lipinski definition) is 1. The number of nitrogens with zero attached hydrogens (tertiary/aromatic N) is 2. The van der Waals surface area contributed by atoms with E-state index in [4.69, 9.17) is 4.74 Å². The number of rotatable bonds is 4. The summed E-state index contributed by atoms with van der Waals surface area (Å²) in [5.41, 5.74) is 2.51. The number of ether oxygens (including phenoxy) is 1. The van der Waals surface area contributed by atoms with Gasteiger partial charge in [0.15, 0.2) is 0 Å². The second kappa shape index (κ2) is 5.16. The van der Waals surface area contributed by atoms with Crippen molar-refractivity contribution >= 4 is 0 Å². The highest BCUT2D eigenvalue weighted by Gasteiger charge is 2.20. The molecule has 0 spiro atoms. The molecule has 1 aliphatic rings. The normalized spacial score (nSPS) is 17.8. The number of imidazole rings is 1. The summed E-state index contributed by atoms with van der Waals surface area (Å²) in [5.74, 6) is 0. The maximum Gasteiger partial charge on any atom is 0.0946 e. The summed E-state index contributed by atoms with van der Waals surface area (Å²) in [6.07, 6.45) is 7.87. The Balaban J connectivity index is 2.23. The molecule has 0 fully saturated rings. The van der Waals surface area contributed by atoms with Crippen LogP contribution in [0.15, 0.2) is 24.4 Å². The van der Waals surface area contributed by atoms with Crippen LogP contribution in [0.3, 0.4) is 0 Å². The molecule has 4 nitrogen and oxygen atoms in total. The first kappa shape index (κ1) is 11.2. The van der Waals surface area contributed by atoms with Gasteiger partial charge in [-0.2, -0.15) is 0 Å². The number of aryl methyl sites for hydroxylation is 1. The van der Waals surface area contributed by atoms with E-state index < -0.39 is 0 Å². The van der Waals surface area contributed by atoms with Gasteiger partial charge in [0.25, 0.3) is 0 Å². The predicted molar refractivity (Wildman–Crippen MR) is 62.9 cm³/mol. The standard InChI is InChI=1S/C12H19N3O/c1-3-14-12(10-5-4-6-16-8-10)11-7-13-9-15(11)2/h7-9,12,14H,3-6H2,1-2H3. The molecular weight excluding hydrogens is 202 g/mol. The Morgan fingerprint density at radius 3 is 3.06 bits per heavy atom. The summed E-state index contributed by atoms with van der Waals surface area (Å²) in [7, 11) is 2.02. The van der Waals surface area contributed by atoms with Crippen molar-refractivity contribution in [1.29, 1.82) is 0 Å². The monoisotopic (exact) mass is 221 g/mol. The van der Waals surface area contributed by atoms with Gasteiger partial charge in [0.2, 0.25) is 0 Å². The summed E-state index contributed by atoms with van der Waals surface area (Å²) in [4.78, 5) is 4.17. The summed E-state index contributed by atoms with van der Waals surface area (Å²) in [6, 6.07) is 0.234. The Kier molecular flexibility index (Phi) is 3.62. The fourth-order valence-corrected chi connectivity index (χ4v) is 2.07. The minimum absolute atomic E-state index is 0.234. The van der Waals surface area contributed by atoms with Crippen molar-refractivity contribution in [2.45, 2.75) is 25.8 Å². The molecule has 0 saturated carbocycles. The Hall–Kier alpha value is -1.29. The topological polar surface area (TPSA) is 39.1 Å². The van der Waals surface area contributed by atoms with Gasteiger partial charge in [-0.3, -0.25) is 0 Å². The minimum Gasteiger partial charge on any atom is -0.501 e. The SMILES string of the molecule is CCNC(C1=COCCC1)c1cncn1C. The van der Waals surface area contributed by atoms with Crippen LogP contribution in [0.1, 0.15) is 31.5 Å². The molecule has 2 rings (SSSR count). The van der Waals surface area contributed by atoms with E-state index in [9.17, 15) is 0 Å². The molecule has 0 aromatic carbocycles. The lowest BCUT2D eigenvalue weighted by atomic mass is 9.99. The second-order valence-electron chi connectivity index (χ2n) is 4.09. The van der Waals surface area contributed by atoms with Gasteiger partial charge in [0.05, 0.1) is 37.1 Å². The van der Waals surface area contributed by atoms with Gasteiger partial charge in [-0.05, 0) is 25.0 Å². The van der Waals surface area contributed by atoms with E-state index in [2.05, 4.69) is 21.8 Å². The summed E-state index contributed by atoms with van der Waals surface area (Å²) >= 11 is 0. The zero-order valence-corrected chi connectivity index (χ0v) is 9.94. The number of nitrogens with one attached hydrogen (secondary N) is 1. The lowest BCUT2D eigenvalue weighted by Crippen LogP contribution is -2.26. The van der Waals surface area contributed by atoms with E-state index in [1.165, 1.54) is 11.3 Å². The molecule has 0 saturated heterocycles. The smallest absolute Gasteiger partial charge is 0.0946 e. The van der Waals surface area contributed by atoms with Crippen LogP contribution in [-0.2, 0) is 11.8 Å². The first-order valence-electron chi connectivity index (χ1n) is 5.83. The summed E-state index contributed by atoms with van der Waals surface area (Å²) < 4.78 is 7.47. The van der Waals surface area contributed by atoms with Gasteiger partial charge < -0.3 is 14.6 Å². The number of hydrogen-bond acceptors (Lipinski definition) is 3. The minimum atomic E-state index is 0.234. The Bertz CT molecular complexity index is 370. The van der Waals surface area contributed by atoms with Crippen molar-refractivity contribution in [3.8, 4) is 0 Å². The molecule has 0 aliphatic carbocycles. The molecule has 1 N–H and O–H groups in total. The summed E-state index contributed by atoms with van der Waals surface area (Å²) in [6.45, 7) is 3.90. The fraction of sp³-hybridized carbons (Fsp3) is 0.583. The van der Waals surface area contributed by atoms with Gasteiger partial charge >= 0.3 is 0 Å². The fourth-order valence-electron chi connectivity index (χ4n) is 2.07. The molecule has 16 heavy (non-hydrogen) atoms. The number of likely N-dealkylation sites (N-methyl/N-ethyl adjacent to an activating group) is 1. The molecule has 1 aliphatic heterocycles. The second-order valence-corrected chi connectivity index (χ2v) is 4.09. The molecule has 1 atom stereocenters. The Morgan fingerprint density at radius 2 is 2.50 bits per heavy atom. The van der Waals surface area contributed by atoms with E-state index >= 15 is 0 Å². The van der Waals surface area contributed by atoms with Crippen molar-refractivity contribution in [2.75, 3.05) is 13.2 Å². The van der Waals surface area contributed by atoms with Crippen LogP contribution in [0, 0.1) is 0 Å². The predicted octanol–water partition coefficient (Wildman–Crippen LogP) is 1.76. The Morgan fingerprint density at radius 1 is 1.62 bits per heavy atom. The highest BCUT2D eigenvalue weighted by atomic mass is 16.5. The molecule has 88 valence electrons. The zero-order valence-electron chi connectivity index (χ0n) is 9.94. The van der Waals surface area contributed by atoms with E-state index in [1.54, 1.807) is 0 Å². The van der Waals surface area contributed by atoms with Crippen LogP contribution in [0.2, 0.25) is 0 Å². The zero-order chi connectivity index (χ0) is 11.4. The molecule has 0 bridgehead atoms. The van der Waals surface area contributed by atoms with Gasteiger partial charge in [-0.25, -0.2) is 4.98 Å². The van der Waals surface area contributed by atoms with Crippen molar-refractivity contribution in [3.05, 3.63) is 30.1 Å². The molecule has 1 unspecified atom stereocenters. The van der Waals surface area contributed by atoms with Crippen LogP contribution in [0.25, 0.3) is 0 Å². The van der Waals surface area contributed by atoms with E-state index in [1.807, 2.05) is 25.8 Å². The lowest BCUT2D eigenvalue weighted by molar-refractivity contribution is 0.219. The average Bonchev–Trinajstić information content (AvgIpc) is 2.73. The molecular formula is C12H19N3O. The third-order valence-corrected chi connectivity index (χ3v) is 2.89. The van der Waals surface area contributed by atoms with Crippen LogP contribution >= 0.6 is 0 Å².